The molecule has 0 bridgehead atoms. The molecule has 0 aliphatic heterocycles. The average Bonchev–Trinajstić information content (AvgIpc) is 3.22. The van der Waals surface area contributed by atoms with Crippen LogP contribution < -0.4 is 4.74 Å². The Morgan fingerprint density at radius 2 is 1.70 bits per heavy atom. The molecule has 2 heterocycles. The summed E-state index contributed by atoms with van der Waals surface area (Å²) >= 11 is 7.92. The Balaban J connectivity index is 1.61. The van der Waals surface area contributed by atoms with Crippen LogP contribution in [0.15, 0.2) is 83.8 Å². The lowest BCUT2D eigenvalue weighted by atomic mass is 9.89. The Hall–Kier alpha value is -3.28. The topological polar surface area (TPSA) is 44.1 Å². The number of para-hydroxylation sites is 1. The van der Waals surface area contributed by atoms with Crippen LogP contribution in [-0.2, 0) is 23.7 Å². The number of nitrogens with zero attached hydrogens (tertiary/aromatic N) is 2. The maximum absolute atomic E-state index is 12.1. The summed E-state index contributed by atoms with van der Waals surface area (Å²) in [4.78, 5) is 18.0. The highest BCUT2D eigenvalue weighted by atomic mass is 35.5. The van der Waals surface area contributed by atoms with Crippen molar-refractivity contribution in [2.24, 2.45) is 5.41 Å². The number of halogens is 1. The Bertz CT molecular complexity index is 1670. The molecule has 0 aliphatic carbocycles. The van der Waals surface area contributed by atoms with Crippen molar-refractivity contribution in [3.05, 3.63) is 95.8 Å². The Morgan fingerprint density at radius 3 is 2.40 bits per heavy atom. The number of carbonyl (C=O) groups excluding carboxylic acids is 1. The number of alkyl halides is 1. The maximum atomic E-state index is 12.1. The van der Waals surface area contributed by atoms with Gasteiger partial charge in [-0.1, -0.05) is 71.0 Å². The van der Waals surface area contributed by atoms with E-state index in [1.165, 1.54) is 4.90 Å². The van der Waals surface area contributed by atoms with Gasteiger partial charge >= 0.3 is 0 Å². The van der Waals surface area contributed by atoms with Crippen LogP contribution in [0.1, 0.15) is 51.6 Å². The highest BCUT2D eigenvalue weighted by molar-refractivity contribution is 8.00. The van der Waals surface area contributed by atoms with E-state index in [1.807, 2.05) is 55.9 Å². The van der Waals surface area contributed by atoms with Gasteiger partial charge in [-0.2, -0.15) is 0 Å². The molecule has 0 atom stereocenters. The van der Waals surface area contributed by atoms with Gasteiger partial charge in [0.2, 0.25) is 0 Å². The number of benzene rings is 3. The van der Waals surface area contributed by atoms with Crippen molar-refractivity contribution in [3.8, 4) is 11.4 Å². The zero-order valence-corrected chi connectivity index (χ0v) is 25.3. The van der Waals surface area contributed by atoms with Crippen LogP contribution in [0.5, 0.6) is 5.75 Å². The number of fused-ring (bicyclic) bond motifs is 2. The first-order chi connectivity index (χ1) is 19.1. The number of hydrogen-bond acceptors (Lipinski definition) is 4. The molecule has 0 spiro atoms. The lowest BCUT2D eigenvalue weighted by molar-refractivity contribution is -0.114. The number of rotatable bonds is 9. The summed E-state index contributed by atoms with van der Waals surface area (Å²) in [5.74, 6) is 1.25. The van der Waals surface area contributed by atoms with Gasteiger partial charge in [0.1, 0.15) is 18.6 Å². The zero-order valence-electron chi connectivity index (χ0n) is 23.7. The minimum Gasteiger partial charge on any atom is -0.487 e. The average molecular weight is 571 g/mol. The number of carbonyl (C=O) groups is 1. The number of aldehydes is 1. The highest BCUT2D eigenvalue weighted by Gasteiger charge is 2.28. The highest BCUT2D eigenvalue weighted by Crippen LogP contribution is 2.45. The summed E-state index contributed by atoms with van der Waals surface area (Å²) in [5, 5.41) is 2.23. The lowest BCUT2D eigenvalue weighted by Crippen LogP contribution is -2.19. The fourth-order valence-electron chi connectivity index (χ4n) is 4.81. The summed E-state index contributed by atoms with van der Waals surface area (Å²) in [6.45, 7) is 11.0. The molecule has 0 amide bonds. The van der Waals surface area contributed by atoms with Gasteiger partial charge in [0.05, 0.1) is 16.7 Å². The molecule has 5 rings (SSSR count). The third-order valence-electron chi connectivity index (χ3n) is 6.73. The number of pyridine rings is 1. The zero-order chi connectivity index (χ0) is 28.5. The van der Waals surface area contributed by atoms with E-state index in [1.54, 1.807) is 0 Å². The molecular formula is C34H35ClN2O2S. The summed E-state index contributed by atoms with van der Waals surface area (Å²) in [5.41, 5.74) is 5.65. The standard InChI is InChI=1S/C34H35ClN2O2S/c1-33(2,3)40-32-28-18-27(39-21-25-13-12-24-8-6-7-9-29(24)36-25)16-17-30(28)37(31(32)19-34(4,5)22-38)26-14-10-23(20-35)11-15-26/h6-18,22H,19-21H2,1-5H3. The van der Waals surface area contributed by atoms with Crippen molar-refractivity contribution >= 4 is 51.5 Å². The van der Waals surface area contributed by atoms with E-state index in [2.05, 4.69) is 73.9 Å². The molecule has 6 heteroatoms. The third kappa shape index (κ3) is 6.21. The minimum absolute atomic E-state index is 0.0342. The third-order valence-corrected chi connectivity index (χ3v) is 8.31. The van der Waals surface area contributed by atoms with Gasteiger partial charge in [-0.15, -0.1) is 23.4 Å². The van der Waals surface area contributed by atoms with E-state index in [0.29, 0.717) is 18.9 Å². The number of aromatic nitrogens is 2. The van der Waals surface area contributed by atoms with Gasteiger partial charge < -0.3 is 14.1 Å². The van der Waals surface area contributed by atoms with E-state index in [0.717, 1.165) is 56.5 Å². The van der Waals surface area contributed by atoms with Gasteiger partial charge in [-0.25, -0.2) is 4.98 Å². The van der Waals surface area contributed by atoms with E-state index in [4.69, 9.17) is 21.3 Å². The fraction of sp³-hybridized carbons (Fsp3) is 0.294. The van der Waals surface area contributed by atoms with E-state index in [9.17, 15) is 4.79 Å². The predicted molar refractivity (Wildman–Crippen MR) is 168 cm³/mol. The number of thioether (sulfide) groups is 1. The smallest absolute Gasteiger partial charge is 0.130 e. The van der Waals surface area contributed by atoms with Crippen LogP contribution in [0.3, 0.4) is 0 Å². The van der Waals surface area contributed by atoms with Crippen LogP contribution in [0.25, 0.3) is 27.5 Å². The van der Waals surface area contributed by atoms with Crippen LogP contribution >= 0.6 is 23.4 Å². The molecule has 0 aliphatic rings. The Morgan fingerprint density at radius 1 is 0.950 bits per heavy atom. The molecule has 0 N–H and O–H groups in total. The van der Waals surface area contributed by atoms with Gasteiger partial charge in [-0.3, -0.25) is 0 Å². The molecule has 40 heavy (non-hydrogen) atoms. The molecule has 0 unspecified atom stereocenters. The van der Waals surface area contributed by atoms with Gasteiger partial charge in [-0.05, 0) is 48.0 Å². The van der Waals surface area contributed by atoms with E-state index < -0.39 is 5.41 Å². The first kappa shape index (κ1) is 28.3. The molecule has 206 valence electrons. The molecule has 3 aromatic carbocycles. The van der Waals surface area contributed by atoms with E-state index >= 15 is 0 Å². The van der Waals surface area contributed by atoms with Crippen LogP contribution in [0, 0.1) is 5.41 Å². The first-order valence-corrected chi connectivity index (χ1v) is 14.9. The first-order valence-electron chi connectivity index (χ1n) is 13.5. The SMILES string of the molecule is CC(C)(C=O)Cc1c(SC(C)(C)C)c2cc(OCc3ccc4ccccc4n3)ccc2n1-c1ccc(CCl)cc1. The van der Waals surface area contributed by atoms with Crippen molar-refractivity contribution in [1.29, 1.82) is 0 Å². The molecular weight excluding hydrogens is 536 g/mol. The Kier molecular flexibility index (Phi) is 7.98. The van der Waals surface area contributed by atoms with Crippen molar-refractivity contribution in [1.82, 2.24) is 9.55 Å². The second kappa shape index (κ2) is 11.3. The van der Waals surface area contributed by atoms with Crippen molar-refractivity contribution in [3.63, 3.8) is 0 Å². The number of ether oxygens (including phenoxy) is 1. The quantitative estimate of drug-likeness (QED) is 0.101. The molecule has 2 aromatic heterocycles. The maximum Gasteiger partial charge on any atom is 0.130 e. The minimum atomic E-state index is -0.517. The molecule has 0 radical (unpaired) electrons. The van der Waals surface area contributed by atoms with E-state index in [-0.39, 0.29) is 4.75 Å². The predicted octanol–water partition coefficient (Wildman–Crippen LogP) is 9.15. The molecule has 0 saturated heterocycles. The normalized spacial score (nSPS) is 12.2. The van der Waals surface area contributed by atoms with Gasteiger partial charge in [0.25, 0.3) is 0 Å². The Labute approximate surface area is 245 Å². The largest absolute Gasteiger partial charge is 0.487 e. The molecule has 0 saturated carbocycles. The van der Waals surface area contributed by atoms with Crippen molar-refractivity contribution in [2.75, 3.05) is 0 Å². The summed E-state index contributed by atoms with van der Waals surface area (Å²) in [6, 6.07) is 26.8. The van der Waals surface area contributed by atoms with Crippen LogP contribution in [-0.4, -0.2) is 20.6 Å². The summed E-state index contributed by atoms with van der Waals surface area (Å²) in [6.07, 6.45) is 1.67. The number of hydrogen-bond donors (Lipinski definition) is 0. The fourth-order valence-corrected chi connectivity index (χ4v) is 6.16. The second-order valence-corrected chi connectivity index (χ2v) is 14.0. The second-order valence-electron chi connectivity index (χ2n) is 11.9. The van der Waals surface area contributed by atoms with Crippen LogP contribution in [0.2, 0.25) is 0 Å². The van der Waals surface area contributed by atoms with Crippen molar-refractivity contribution < 1.29 is 9.53 Å². The lowest BCUT2D eigenvalue weighted by Gasteiger charge is -2.23. The van der Waals surface area contributed by atoms with Crippen LogP contribution in [0.4, 0.5) is 0 Å². The summed E-state index contributed by atoms with van der Waals surface area (Å²) in [7, 11) is 0. The van der Waals surface area contributed by atoms with Gasteiger partial charge in [0, 0.05) is 49.5 Å². The summed E-state index contributed by atoms with van der Waals surface area (Å²) < 4.78 is 8.55. The molecule has 5 aromatic rings. The van der Waals surface area contributed by atoms with Crippen molar-refractivity contribution in [2.45, 2.75) is 63.2 Å². The molecule has 0 fully saturated rings. The molecule has 4 nitrogen and oxygen atoms in total. The van der Waals surface area contributed by atoms with Gasteiger partial charge in [0.15, 0.2) is 0 Å². The monoisotopic (exact) mass is 570 g/mol.